The Morgan fingerprint density at radius 3 is 2.29 bits per heavy atom. The number of pyridine rings is 1. The van der Waals surface area contributed by atoms with Crippen LogP contribution in [0.25, 0.3) is 0 Å². The number of carbonyl (C=O) groups excluding carboxylic acids is 1. The van der Waals surface area contributed by atoms with E-state index in [1.165, 1.54) is 5.56 Å². The van der Waals surface area contributed by atoms with Crippen molar-refractivity contribution in [3.63, 3.8) is 0 Å². The highest BCUT2D eigenvalue weighted by Crippen LogP contribution is 1.99. The Balaban J connectivity index is 0.00000256. The number of hydrogen-bond donors (Lipinski definition) is 1. The normalized spacial score (nSPS) is 10.6. The maximum Gasteiger partial charge on any atom is 0.226 e. The molecule has 1 aromatic heterocycles. The molecule has 1 heterocycles. The summed E-state index contributed by atoms with van der Waals surface area (Å²) in [5.41, 5.74) is 1.09. The van der Waals surface area contributed by atoms with Crippen molar-refractivity contribution in [1.29, 1.82) is 0 Å². The van der Waals surface area contributed by atoms with E-state index in [2.05, 4.69) is 12.2 Å². The van der Waals surface area contributed by atoms with Crippen molar-refractivity contribution >= 4 is 5.91 Å². The van der Waals surface area contributed by atoms with Crippen molar-refractivity contribution < 1.29 is 26.3 Å². The Labute approximate surface area is 114 Å². The third-order valence-corrected chi connectivity index (χ3v) is 2.17. The molecule has 0 aliphatic carbocycles. The molecule has 1 rings (SSSR count). The largest absolute Gasteiger partial charge is 1.00 e. The highest BCUT2D eigenvalue weighted by atomic mass is 79.9. The Morgan fingerprint density at radius 2 is 1.82 bits per heavy atom. The topological polar surface area (TPSA) is 33.0 Å². The van der Waals surface area contributed by atoms with Crippen LogP contribution in [0.15, 0.2) is 24.5 Å². The molecule has 0 saturated heterocycles. The summed E-state index contributed by atoms with van der Waals surface area (Å²) >= 11 is 0. The first-order chi connectivity index (χ1) is 7.37. The Hall–Kier alpha value is -0.900. The number of carbonyl (C=O) groups is 1. The van der Waals surface area contributed by atoms with Crippen LogP contribution >= 0.6 is 0 Å². The summed E-state index contributed by atoms with van der Waals surface area (Å²) in [6.07, 6.45) is 4.52. The zero-order valence-electron chi connectivity index (χ0n) is 11.0. The highest BCUT2D eigenvalue weighted by molar-refractivity contribution is 5.76. The van der Waals surface area contributed by atoms with E-state index >= 15 is 0 Å². The average Bonchev–Trinajstić information content (AvgIpc) is 2.14. The van der Waals surface area contributed by atoms with E-state index in [0.717, 1.165) is 6.54 Å². The fourth-order valence-electron chi connectivity index (χ4n) is 1.39. The zero-order valence-corrected chi connectivity index (χ0v) is 12.5. The number of nitrogens with zero attached hydrogens (tertiary/aromatic N) is 1. The fraction of sp³-hybridized carbons (Fsp3) is 0.538. The second-order valence-electron chi connectivity index (χ2n) is 5.16. The number of aryl methyl sites for hydroxylation is 2. The van der Waals surface area contributed by atoms with Gasteiger partial charge < -0.3 is 22.3 Å². The van der Waals surface area contributed by atoms with Crippen molar-refractivity contribution in [3.8, 4) is 0 Å². The number of amides is 1. The maximum atomic E-state index is 11.6. The average molecular weight is 301 g/mol. The molecule has 0 spiro atoms. The molecule has 0 atom stereocenters. The predicted molar refractivity (Wildman–Crippen MR) is 63.9 cm³/mol. The van der Waals surface area contributed by atoms with Crippen LogP contribution in [0.1, 0.15) is 32.8 Å². The number of nitrogens with one attached hydrogen (secondary N) is 1. The van der Waals surface area contributed by atoms with Crippen LogP contribution in [0.5, 0.6) is 0 Å². The van der Waals surface area contributed by atoms with Gasteiger partial charge in [-0.15, -0.1) is 0 Å². The number of rotatable bonds is 3. The Morgan fingerprint density at radius 1 is 1.29 bits per heavy atom. The van der Waals surface area contributed by atoms with Crippen LogP contribution in [0.2, 0.25) is 0 Å². The standard InChI is InChI=1S/C13H20N2O.BrH/c1-11-5-8-15(9-6-11)10-7-12(16)14-13(2,3)4;/h5-6,8-9H,7,10H2,1-4H3;1H. The minimum atomic E-state index is -0.144. The molecule has 1 amide bonds. The molecule has 96 valence electrons. The van der Waals surface area contributed by atoms with E-state index in [0.29, 0.717) is 6.42 Å². The molecule has 17 heavy (non-hydrogen) atoms. The van der Waals surface area contributed by atoms with Gasteiger partial charge in [0.1, 0.15) is 0 Å². The molecule has 0 aliphatic heterocycles. The van der Waals surface area contributed by atoms with Crippen molar-refractivity contribution in [1.82, 2.24) is 5.32 Å². The van der Waals surface area contributed by atoms with Gasteiger partial charge in [0, 0.05) is 17.7 Å². The molecule has 0 saturated carbocycles. The molecule has 4 heteroatoms. The van der Waals surface area contributed by atoms with E-state index in [9.17, 15) is 4.79 Å². The van der Waals surface area contributed by atoms with Gasteiger partial charge in [0.05, 0.1) is 6.42 Å². The number of halogens is 1. The first-order valence-corrected chi connectivity index (χ1v) is 5.63. The van der Waals surface area contributed by atoms with E-state index in [-0.39, 0.29) is 28.4 Å². The molecule has 0 unspecified atom stereocenters. The third-order valence-electron chi connectivity index (χ3n) is 2.17. The van der Waals surface area contributed by atoms with E-state index in [1.54, 1.807) is 0 Å². The molecule has 1 N–H and O–H groups in total. The van der Waals surface area contributed by atoms with Crippen molar-refractivity contribution in [2.24, 2.45) is 0 Å². The van der Waals surface area contributed by atoms with Crippen molar-refractivity contribution in [2.75, 3.05) is 0 Å². The number of hydrogen-bond acceptors (Lipinski definition) is 1. The van der Waals surface area contributed by atoms with E-state index in [4.69, 9.17) is 0 Å². The molecular weight excluding hydrogens is 280 g/mol. The van der Waals surface area contributed by atoms with Gasteiger partial charge in [0.2, 0.25) is 5.91 Å². The molecule has 0 radical (unpaired) electrons. The summed E-state index contributed by atoms with van der Waals surface area (Å²) in [6, 6.07) is 4.09. The lowest BCUT2D eigenvalue weighted by molar-refractivity contribution is -0.695. The zero-order chi connectivity index (χ0) is 12.2. The third kappa shape index (κ3) is 7.10. The molecule has 0 bridgehead atoms. The SMILES string of the molecule is Cc1cc[n+](CCC(=O)NC(C)(C)C)cc1.[Br-]. The molecular formula is C13H21BrN2O. The molecule has 0 aliphatic rings. The van der Waals surface area contributed by atoms with Gasteiger partial charge in [-0.2, -0.15) is 0 Å². The highest BCUT2D eigenvalue weighted by Gasteiger charge is 2.14. The lowest BCUT2D eigenvalue weighted by Crippen LogP contribution is -3.00. The van der Waals surface area contributed by atoms with E-state index < -0.39 is 0 Å². The summed E-state index contributed by atoms with van der Waals surface area (Å²) in [7, 11) is 0. The monoisotopic (exact) mass is 300 g/mol. The van der Waals surface area contributed by atoms with Crippen molar-refractivity contribution in [3.05, 3.63) is 30.1 Å². The van der Waals surface area contributed by atoms with Crippen LogP contribution in [0, 0.1) is 6.92 Å². The maximum absolute atomic E-state index is 11.6. The van der Waals surface area contributed by atoms with Gasteiger partial charge in [-0.25, -0.2) is 4.57 Å². The molecule has 3 nitrogen and oxygen atoms in total. The molecule has 1 aromatic rings. The quantitative estimate of drug-likeness (QED) is 0.684. The van der Waals surface area contributed by atoms with Crippen LogP contribution < -0.4 is 26.9 Å². The second kappa shape index (κ2) is 6.74. The van der Waals surface area contributed by atoms with Crippen LogP contribution in [-0.4, -0.2) is 11.4 Å². The minimum absolute atomic E-state index is 0. The summed E-state index contributed by atoms with van der Waals surface area (Å²) in [5.74, 6) is 0.0978. The first kappa shape index (κ1) is 16.1. The van der Waals surface area contributed by atoms with Crippen LogP contribution in [0.3, 0.4) is 0 Å². The van der Waals surface area contributed by atoms with Gasteiger partial charge in [0.25, 0.3) is 0 Å². The minimum Gasteiger partial charge on any atom is -1.00 e. The molecule has 0 fully saturated rings. The summed E-state index contributed by atoms with van der Waals surface area (Å²) < 4.78 is 2.02. The number of aromatic nitrogens is 1. The van der Waals surface area contributed by atoms with Crippen LogP contribution in [-0.2, 0) is 11.3 Å². The molecule has 0 aromatic carbocycles. The summed E-state index contributed by atoms with van der Waals surface area (Å²) in [4.78, 5) is 11.6. The van der Waals surface area contributed by atoms with Gasteiger partial charge in [-0.3, -0.25) is 4.79 Å². The van der Waals surface area contributed by atoms with Gasteiger partial charge in [-0.1, -0.05) is 0 Å². The summed E-state index contributed by atoms with van der Waals surface area (Å²) in [6.45, 7) is 8.75. The summed E-state index contributed by atoms with van der Waals surface area (Å²) in [5, 5.41) is 2.95. The lowest BCUT2D eigenvalue weighted by atomic mass is 10.1. The van der Waals surface area contributed by atoms with E-state index in [1.807, 2.05) is 49.9 Å². The fourth-order valence-corrected chi connectivity index (χ4v) is 1.39. The predicted octanol–water partition coefficient (Wildman–Crippen LogP) is -1.41. The lowest BCUT2D eigenvalue weighted by Gasteiger charge is -2.19. The smallest absolute Gasteiger partial charge is 0.226 e. The van der Waals surface area contributed by atoms with Crippen LogP contribution in [0.4, 0.5) is 0 Å². The second-order valence-corrected chi connectivity index (χ2v) is 5.16. The van der Waals surface area contributed by atoms with Gasteiger partial charge in [-0.05, 0) is 33.3 Å². The first-order valence-electron chi connectivity index (χ1n) is 5.63. The Kier molecular flexibility index (Phi) is 6.39. The van der Waals surface area contributed by atoms with Gasteiger partial charge >= 0.3 is 0 Å². The Bertz CT molecular complexity index is 355. The van der Waals surface area contributed by atoms with Crippen molar-refractivity contribution in [2.45, 2.75) is 46.2 Å². The van der Waals surface area contributed by atoms with Gasteiger partial charge in [0.15, 0.2) is 18.9 Å².